The molecule has 0 atom stereocenters. The second-order valence-electron chi connectivity index (χ2n) is 2.38. The van der Waals surface area contributed by atoms with Gasteiger partial charge in [0, 0.05) is 20.5 Å². The van der Waals surface area contributed by atoms with Gasteiger partial charge in [-0.2, -0.15) is 0 Å². The average Bonchev–Trinajstić information content (AvgIpc) is 1.99. The molecule has 0 aliphatic heterocycles. The zero-order chi connectivity index (χ0) is 7.82. The summed E-state index contributed by atoms with van der Waals surface area (Å²) in [7, 11) is 3.76. The van der Waals surface area contributed by atoms with Gasteiger partial charge in [-0.1, -0.05) is 19.8 Å². The topological polar surface area (TPSA) is 24.4 Å². The molecule has 0 rings (SSSR count). The molecule has 1 N–H and O–H groups in total. The molecule has 0 bridgehead atoms. The highest BCUT2D eigenvalue weighted by Gasteiger charge is 1.92. The molecule has 2 heteroatoms. The molecule has 0 radical (unpaired) electrons. The van der Waals surface area contributed by atoms with Gasteiger partial charge in [0.2, 0.25) is 0 Å². The number of hydrogen-bond donors (Lipinski definition) is 1. The predicted molar refractivity (Wildman–Crippen MR) is 46.6 cm³/mol. The van der Waals surface area contributed by atoms with Gasteiger partial charge in [-0.3, -0.25) is 4.99 Å². The summed E-state index contributed by atoms with van der Waals surface area (Å²) in [5, 5.41) is 3.06. The summed E-state index contributed by atoms with van der Waals surface area (Å²) in [5.41, 5.74) is 0. The average molecular weight is 142 g/mol. The highest BCUT2D eigenvalue weighted by atomic mass is 14.9. The molecule has 0 aliphatic carbocycles. The van der Waals surface area contributed by atoms with Crippen LogP contribution in [0.15, 0.2) is 4.99 Å². The van der Waals surface area contributed by atoms with Gasteiger partial charge in [-0.25, -0.2) is 0 Å². The minimum absolute atomic E-state index is 1.10. The van der Waals surface area contributed by atoms with Gasteiger partial charge in [0.1, 0.15) is 0 Å². The van der Waals surface area contributed by atoms with E-state index in [1.165, 1.54) is 19.3 Å². The lowest BCUT2D eigenvalue weighted by Gasteiger charge is -2.02. The lowest BCUT2D eigenvalue weighted by molar-refractivity contribution is 0.733. The van der Waals surface area contributed by atoms with Crippen molar-refractivity contribution < 1.29 is 0 Å². The fourth-order valence-electron chi connectivity index (χ4n) is 0.891. The Morgan fingerprint density at radius 3 is 2.50 bits per heavy atom. The Labute approximate surface area is 63.7 Å². The maximum absolute atomic E-state index is 4.08. The zero-order valence-corrected chi connectivity index (χ0v) is 7.28. The van der Waals surface area contributed by atoms with E-state index in [4.69, 9.17) is 0 Å². The van der Waals surface area contributed by atoms with Crippen molar-refractivity contribution in [1.82, 2.24) is 5.32 Å². The molecule has 0 aromatic rings. The number of rotatable bonds is 4. The molecule has 0 heterocycles. The first-order valence-corrected chi connectivity index (χ1v) is 3.98. The molecule has 0 aromatic heterocycles. The minimum Gasteiger partial charge on any atom is -0.377 e. The molecule has 0 unspecified atom stereocenters. The molecular weight excluding hydrogens is 124 g/mol. The summed E-state index contributed by atoms with van der Waals surface area (Å²) in [6.45, 7) is 2.21. The summed E-state index contributed by atoms with van der Waals surface area (Å²) in [4.78, 5) is 4.08. The third-order valence-electron chi connectivity index (χ3n) is 1.58. The van der Waals surface area contributed by atoms with E-state index in [0.29, 0.717) is 0 Å². The van der Waals surface area contributed by atoms with Crippen molar-refractivity contribution >= 4 is 5.84 Å². The number of unbranched alkanes of at least 4 members (excludes halogenated alkanes) is 2. The second-order valence-corrected chi connectivity index (χ2v) is 2.38. The van der Waals surface area contributed by atoms with Crippen LogP contribution in [0.5, 0.6) is 0 Å². The highest BCUT2D eigenvalue weighted by Crippen LogP contribution is 1.98. The number of nitrogens with zero attached hydrogens (tertiary/aromatic N) is 1. The Morgan fingerprint density at radius 1 is 1.40 bits per heavy atom. The van der Waals surface area contributed by atoms with Crippen molar-refractivity contribution in [3.05, 3.63) is 0 Å². The minimum atomic E-state index is 1.10. The quantitative estimate of drug-likeness (QED) is 0.361. The van der Waals surface area contributed by atoms with Gasteiger partial charge in [-0.15, -0.1) is 0 Å². The Kier molecular flexibility index (Phi) is 6.24. The summed E-state index contributed by atoms with van der Waals surface area (Å²) in [5.74, 6) is 1.12. The first-order chi connectivity index (χ1) is 4.85. The predicted octanol–water partition coefficient (Wildman–Crippen LogP) is 1.81. The molecule has 0 spiro atoms. The summed E-state index contributed by atoms with van der Waals surface area (Å²) >= 11 is 0. The number of nitrogens with one attached hydrogen (secondary N) is 1. The van der Waals surface area contributed by atoms with Gasteiger partial charge in [-0.05, 0) is 6.42 Å². The van der Waals surface area contributed by atoms with Crippen LogP contribution in [0.4, 0.5) is 0 Å². The lowest BCUT2D eigenvalue weighted by atomic mass is 10.2. The van der Waals surface area contributed by atoms with E-state index in [9.17, 15) is 0 Å². The Hall–Kier alpha value is -0.530. The van der Waals surface area contributed by atoms with Crippen LogP contribution in [0.25, 0.3) is 0 Å². The smallest absolute Gasteiger partial charge is 0.0956 e. The van der Waals surface area contributed by atoms with Crippen molar-refractivity contribution in [3.8, 4) is 0 Å². The summed E-state index contributed by atoms with van der Waals surface area (Å²) < 4.78 is 0. The molecule has 0 saturated carbocycles. The van der Waals surface area contributed by atoms with Crippen LogP contribution in [-0.2, 0) is 0 Å². The number of amidine groups is 1. The lowest BCUT2D eigenvalue weighted by Crippen LogP contribution is -2.17. The standard InChI is InChI=1S/C8H18N2/c1-4-5-6-7-8(9-2)10-3/h4-7H2,1-3H3,(H,9,10). The number of hydrogen-bond acceptors (Lipinski definition) is 1. The van der Waals surface area contributed by atoms with Crippen LogP contribution in [0.1, 0.15) is 32.6 Å². The molecular formula is C8H18N2. The Morgan fingerprint density at radius 2 is 2.10 bits per heavy atom. The fraction of sp³-hybridized carbons (Fsp3) is 0.875. The number of aliphatic imine (C=N–C) groups is 1. The van der Waals surface area contributed by atoms with Crippen LogP contribution in [0.3, 0.4) is 0 Å². The first-order valence-electron chi connectivity index (χ1n) is 3.98. The normalized spacial score (nSPS) is 11.7. The van der Waals surface area contributed by atoms with E-state index in [-0.39, 0.29) is 0 Å². The maximum Gasteiger partial charge on any atom is 0.0956 e. The van der Waals surface area contributed by atoms with Crippen molar-refractivity contribution in [2.24, 2.45) is 4.99 Å². The van der Waals surface area contributed by atoms with E-state index < -0.39 is 0 Å². The van der Waals surface area contributed by atoms with Gasteiger partial charge >= 0.3 is 0 Å². The van der Waals surface area contributed by atoms with E-state index >= 15 is 0 Å². The van der Waals surface area contributed by atoms with E-state index in [1.807, 2.05) is 14.1 Å². The van der Waals surface area contributed by atoms with Crippen LogP contribution < -0.4 is 5.32 Å². The van der Waals surface area contributed by atoms with Crippen LogP contribution in [0, 0.1) is 0 Å². The van der Waals surface area contributed by atoms with Crippen LogP contribution >= 0.6 is 0 Å². The first kappa shape index (κ1) is 9.47. The van der Waals surface area contributed by atoms with E-state index in [1.54, 1.807) is 0 Å². The van der Waals surface area contributed by atoms with Crippen LogP contribution in [0.2, 0.25) is 0 Å². The van der Waals surface area contributed by atoms with Crippen molar-refractivity contribution in [1.29, 1.82) is 0 Å². The second kappa shape index (κ2) is 6.59. The Bertz CT molecular complexity index is 97.4. The van der Waals surface area contributed by atoms with Gasteiger partial charge in [0.05, 0.1) is 5.84 Å². The molecule has 2 nitrogen and oxygen atoms in total. The monoisotopic (exact) mass is 142 g/mol. The van der Waals surface area contributed by atoms with E-state index in [2.05, 4.69) is 17.2 Å². The van der Waals surface area contributed by atoms with Crippen molar-refractivity contribution in [2.75, 3.05) is 14.1 Å². The molecule has 0 aromatic carbocycles. The van der Waals surface area contributed by atoms with Gasteiger partial charge in [0.15, 0.2) is 0 Å². The fourth-order valence-corrected chi connectivity index (χ4v) is 0.891. The Balaban J connectivity index is 3.27. The SMILES string of the molecule is CCCCCC(=NC)NC. The highest BCUT2D eigenvalue weighted by molar-refractivity contribution is 5.81. The third-order valence-corrected chi connectivity index (χ3v) is 1.58. The molecule has 10 heavy (non-hydrogen) atoms. The van der Waals surface area contributed by atoms with Crippen LogP contribution in [-0.4, -0.2) is 19.9 Å². The maximum atomic E-state index is 4.08. The zero-order valence-electron chi connectivity index (χ0n) is 7.28. The van der Waals surface area contributed by atoms with Gasteiger partial charge < -0.3 is 5.32 Å². The molecule has 0 aliphatic rings. The van der Waals surface area contributed by atoms with Gasteiger partial charge in [0.25, 0.3) is 0 Å². The van der Waals surface area contributed by atoms with E-state index in [0.717, 1.165) is 12.3 Å². The molecule has 0 saturated heterocycles. The summed E-state index contributed by atoms with van der Waals surface area (Å²) in [6.07, 6.45) is 4.94. The third kappa shape index (κ3) is 4.36. The summed E-state index contributed by atoms with van der Waals surface area (Å²) in [6, 6.07) is 0. The molecule has 60 valence electrons. The largest absolute Gasteiger partial charge is 0.377 e. The van der Waals surface area contributed by atoms with Crippen molar-refractivity contribution in [3.63, 3.8) is 0 Å². The molecule has 0 fully saturated rings. The molecule has 0 amide bonds. The van der Waals surface area contributed by atoms with Crippen molar-refractivity contribution in [2.45, 2.75) is 32.6 Å².